The number of amides is 2. The van der Waals surface area contributed by atoms with Crippen molar-refractivity contribution < 1.29 is 24.2 Å². The van der Waals surface area contributed by atoms with Crippen molar-refractivity contribution in [2.75, 3.05) is 16.8 Å². The lowest BCUT2D eigenvalue weighted by molar-refractivity contribution is -0.128. The van der Waals surface area contributed by atoms with E-state index in [0.717, 1.165) is 21.1 Å². The van der Waals surface area contributed by atoms with Gasteiger partial charge in [-0.15, -0.1) is 11.3 Å². The molecular weight excluding hydrogens is 442 g/mol. The number of fused-ring (bicyclic) bond motifs is 1. The van der Waals surface area contributed by atoms with Crippen molar-refractivity contribution in [2.24, 2.45) is 0 Å². The van der Waals surface area contributed by atoms with E-state index < -0.39 is 18.0 Å². The average molecular weight is 466 g/mol. The van der Waals surface area contributed by atoms with Gasteiger partial charge in [0.15, 0.2) is 6.10 Å². The number of nitrogens with one attached hydrogen (secondary N) is 1. The van der Waals surface area contributed by atoms with Gasteiger partial charge in [-0.05, 0) is 62.7 Å². The third-order valence-electron chi connectivity index (χ3n) is 5.33. The number of hydrogen-bond acceptors (Lipinski definition) is 6. The Labute approximate surface area is 194 Å². The third kappa shape index (κ3) is 4.58. The van der Waals surface area contributed by atoms with E-state index in [0.29, 0.717) is 23.5 Å². The van der Waals surface area contributed by atoms with E-state index in [4.69, 9.17) is 9.84 Å². The number of aromatic carboxylic acids is 1. The summed E-state index contributed by atoms with van der Waals surface area (Å²) in [6, 6.07) is 11.4. The molecule has 2 amide bonds. The molecular formula is C24H23N3O5S. The SMILES string of the molecule is CCC1Oc2ccc(-c3nc(C)sc3C)cc2N(CC(=O)Nc2ccc(C(=O)O)cc2)C1=O. The zero-order chi connectivity index (χ0) is 23.7. The first kappa shape index (κ1) is 22.5. The molecule has 0 saturated carbocycles. The summed E-state index contributed by atoms with van der Waals surface area (Å²) in [4.78, 5) is 44.0. The Morgan fingerprint density at radius 2 is 1.91 bits per heavy atom. The van der Waals surface area contributed by atoms with Crippen molar-refractivity contribution in [1.29, 1.82) is 0 Å². The highest BCUT2D eigenvalue weighted by Gasteiger charge is 2.35. The first-order valence-corrected chi connectivity index (χ1v) is 11.3. The number of rotatable bonds is 6. The quantitative estimate of drug-likeness (QED) is 0.563. The van der Waals surface area contributed by atoms with Gasteiger partial charge in [0.1, 0.15) is 12.3 Å². The van der Waals surface area contributed by atoms with Crippen LogP contribution in [-0.4, -0.2) is 40.5 Å². The Morgan fingerprint density at radius 3 is 2.52 bits per heavy atom. The second-order valence-electron chi connectivity index (χ2n) is 7.69. The average Bonchev–Trinajstić information content (AvgIpc) is 3.13. The fourth-order valence-electron chi connectivity index (χ4n) is 3.73. The lowest BCUT2D eigenvalue weighted by atomic mass is 10.1. The van der Waals surface area contributed by atoms with Gasteiger partial charge in [0.25, 0.3) is 5.91 Å². The van der Waals surface area contributed by atoms with Crippen LogP contribution in [0.15, 0.2) is 42.5 Å². The summed E-state index contributed by atoms with van der Waals surface area (Å²) in [5.41, 5.74) is 2.77. The number of carbonyl (C=O) groups excluding carboxylic acids is 2. The van der Waals surface area contributed by atoms with Crippen LogP contribution < -0.4 is 15.0 Å². The summed E-state index contributed by atoms with van der Waals surface area (Å²) >= 11 is 1.60. The lowest BCUT2D eigenvalue weighted by Crippen LogP contribution is -2.48. The molecule has 1 unspecified atom stereocenters. The van der Waals surface area contributed by atoms with E-state index in [1.807, 2.05) is 39.0 Å². The van der Waals surface area contributed by atoms with Crippen LogP contribution in [-0.2, 0) is 9.59 Å². The van der Waals surface area contributed by atoms with Crippen LogP contribution in [0.5, 0.6) is 5.75 Å². The van der Waals surface area contributed by atoms with Gasteiger partial charge in [-0.1, -0.05) is 6.92 Å². The number of aryl methyl sites for hydroxylation is 2. The zero-order valence-electron chi connectivity index (χ0n) is 18.4. The summed E-state index contributed by atoms with van der Waals surface area (Å²) in [6.45, 7) is 5.59. The maximum absolute atomic E-state index is 13.1. The zero-order valence-corrected chi connectivity index (χ0v) is 19.2. The Hall–Kier alpha value is -3.72. The van der Waals surface area contributed by atoms with Gasteiger partial charge in [0.2, 0.25) is 5.91 Å². The molecule has 2 aromatic carbocycles. The van der Waals surface area contributed by atoms with E-state index >= 15 is 0 Å². The highest BCUT2D eigenvalue weighted by atomic mass is 32.1. The van der Waals surface area contributed by atoms with Crippen molar-refractivity contribution in [2.45, 2.75) is 33.3 Å². The minimum absolute atomic E-state index is 0.121. The van der Waals surface area contributed by atoms with Gasteiger partial charge in [-0.25, -0.2) is 9.78 Å². The van der Waals surface area contributed by atoms with Crippen LogP contribution >= 0.6 is 11.3 Å². The van der Waals surface area contributed by atoms with E-state index in [1.54, 1.807) is 11.3 Å². The normalized spacial score (nSPS) is 15.1. The van der Waals surface area contributed by atoms with Gasteiger partial charge in [-0.3, -0.25) is 14.5 Å². The van der Waals surface area contributed by atoms with Gasteiger partial charge in [0.05, 0.1) is 22.0 Å². The van der Waals surface area contributed by atoms with Gasteiger partial charge in [0, 0.05) is 16.1 Å². The fraction of sp³-hybridized carbons (Fsp3) is 0.250. The van der Waals surface area contributed by atoms with Crippen molar-refractivity contribution >= 4 is 40.5 Å². The molecule has 9 heteroatoms. The van der Waals surface area contributed by atoms with E-state index in [1.165, 1.54) is 29.2 Å². The van der Waals surface area contributed by atoms with Crippen LogP contribution in [0.3, 0.4) is 0 Å². The molecule has 0 radical (unpaired) electrons. The lowest BCUT2D eigenvalue weighted by Gasteiger charge is -2.34. The molecule has 1 aromatic heterocycles. The summed E-state index contributed by atoms with van der Waals surface area (Å²) in [7, 11) is 0. The molecule has 3 aromatic rings. The van der Waals surface area contributed by atoms with Crippen molar-refractivity contribution in [3.05, 3.63) is 57.9 Å². The fourth-order valence-corrected chi connectivity index (χ4v) is 4.57. The summed E-state index contributed by atoms with van der Waals surface area (Å²) in [6.07, 6.45) is -0.201. The third-order valence-corrected chi connectivity index (χ3v) is 6.21. The maximum atomic E-state index is 13.1. The van der Waals surface area contributed by atoms with Crippen LogP contribution in [0.25, 0.3) is 11.3 Å². The van der Waals surface area contributed by atoms with Crippen molar-refractivity contribution in [1.82, 2.24) is 4.98 Å². The molecule has 4 rings (SSSR count). The minimum Gasteiger partial charge on any atom is -0.478 e. The highest BCUT2D eigenvalue weighted by Crippen LogP contribution is 2.39. The second kappa shape index (κ2) is 9.03. The molecule has 2 heterocycles. The monoisotopic (exact) mass is 465 g/mol. The number of thiazole rings is 1. The Kier molecular flexibility index (Phi) is 6.15. The number of anilines is 2. The number of hydrogen-bond donors (Lipinski definition) is 2. The first-order valence-electron chi connectivity index (χ1n) is 10.5. The number of carboxylic acid groups (broad SMARTS) is 1. The Morgan fingerprint density at radius 1 is 1.18 bits per heavy atom. The number of carbonyl (C=O) groups is 3. The maximum Gasteiger partial charge on any atom is 0.335 e. The number of ether oxygens (including phenoxy) is 1. The van der Waals surface area contributed by atoms with Crippen LogP contribution in [0.4, 0.5) is 11.4 Å². The number of carboxylic acids is 1. The highest BCUT2D eigenvalue weighted by molar-refractivity contribution is 7.11. The standard InChI is InChI=1S/C24H23N3O5S/c1-4-19-23(29)27(12-21(28)26-17-8-5-15(6-9-17)24(30)31)18-11-16(7-10-20(18)32-19)22-13(2)33-14(3)25-22/h5-11,19H,4,12H2,1-3H3,(H,26,28)(H,30,31). The molecule has 0 spiro atoms. The molecule has 0 bridgehead atoms. The predicted octanol–water partition coefficient (Wildman–Crippen LogP) is 4.27. The van der Waals surface area contributed by atoms with Crippen molar-refractivity contribution in [3.63, 3.8) is 0 Å². The first-order chi connectivity index (χ1) is 15.8. The summed E-state index contributed by atoms with van der Waals surface area (Å²) in [5, 5.41) is 12.7. The molecule has 0 fully saturated rings. The Bertz CT molecular complexity index is 1240. The predicted molar refractivity (Wildman–Crippen MR) is 126 cm³/mol. The van der Waals surface area contributed by atoms with Gasteiger partial charge >= 0.3 is 5.97 Å². The number of aromatic nitrogens is 1. The van der Waals surface area contributed by atoms with Crippen molar-refractivity contribution in [3.8, 4) is 17.0 Å². The molecule has 1 aliphatic rings. The minimum atomic E-state index is -1.05. The Balaban J connectivity index is 1.62. The van der Waals surface area contributed by atoms with E-state index in [-0.39, 0.29) is 18.0 Å². The number of benzene rings is 2. The molecule has 1 atom stereocenters. The number of nitrogens with zero attached hydrogens (tertiary/aromatic N) is 2. The molecule has 8 nitrogen and oxygen atoms in total. The van der Waals surface area contributed by atoms with Gasteiger partial charge < -0.3 is 15.2 Å². The smallest absolute Gasteiger partial charge is 0.335 e. The van der Waals surface area contributed by atoms with Gasteiger partial charge in [-0.2, -0.15) is 0 Å². The van der Waals surface area contributed by atoms with Crippen LogP contribution in [0, 0.1) is 13.8 Å². The summed E-state index contributed by atoms with van der Waals surface area (Å²) < 4.78 is 5.89. The van der Waals surface area contributed by atoms with Crippen LogP contribution in [0.2, 0.25) is 0 Å². The summed E-state index contributed by atoms with van der Waals surface area (Å²) in [5.74, 6) is -1.20. The molecule has 1 aliphatic heterocycles. The second-order valence-corrected chi connectivity index (χ2v) is 9.10. The van der Waals surface area contributed by atoms with Crippen LogP contribution in [0.1, 0.15) is 33.6 Å². The van der Waals surface area contributed by atoms with E-state index in [9.17, 15) is 14.4 Å². The molecule has 0 saturated heterocycles. The molecule has 0 aliphatic carbocycles. The molecule has 2 N–H and O–H groups in total. The molecule has 33 heavy (non-hydrogen) atoms. The van der Waals surface area contributed by atoms with E-state index in [2.05, 4.69) is 10.3 Å². The largest absolute Gasteiger partial charge is 0.478 e. The molecule has 170 valence electrons. The topological polar surface area (TPSA) is 109 Å².